The first kappa shape index (κ1) is 10.1. The van der Waals surface area contributed by atoms with Crippen molar-refractivity contribution in [2.75, 3.05) is 6.54 Å². The highest BCUT2D eigenvalue weighted by Crippen LogP contribution is 2.49. The SMILES string of the molecule is CCC(O)(CN)P(=O)(O)O. The summed E-state index contributed by atoms with van der Waals surface area (Å²) >= 11 is 0. The lowest BCUT2D eigenvalue weighted by Crippen LogP contribution is -2.36. The Morgan fingerprint density at radius 2 is 2.00 bits per heavy atom. The van der Waals surface area contributed by atoms with E-state index in [1.165, 1.54) is 6.92 Å². The zero-order valence-electron chi connectivity index (χ0n) is 5.69. The van der Waals surface area contributed by atoms with E-state index in [2.05, 4.69) is 0 Å². The van der Waals surface area contributed by atoms with Crippen LogP contribution in [0.2, 0.25) is 0 Å². The molecule has 5 nitrogen and oxygen atoms in total. The molecular weight excluding hydrogens is 157 g/mol. The Balaban J connectivity index is 4.50. The van der Waals surface area contributed by atoms with Crippen molar-refractivity contribution in [1.29, 1.82) is 0 Å². The Bertz CT molecular complexity index is 149. The third kappa shape index (κ3) is 1.78. The Labute approximate surface area is 59.0 Å². The number of aliphatic hydroxyl groups is 1. The van der Waals surface area contributed by atoms with Crippen molar-refractivity contribution >= 4 is 7.60 Å². The zero-order chi connectivity index (χ0) is 8.41. The summed E-state index contributed by atoms with van der Waals surface area (Å²) in [5.74, 6) is 0. The van der Waals surface area contributed by atoms with Crippen LogP contribution in [0.15, 0.2) is 0 Å². The van der Waals surface area contributed by atoms with E-state index in [-0.39, 0.29) is 6.42 Å². The molecule has 0 aromatic rings. The maximum absolute atomic E-state index is 10.5. The molecule has 0 radical (unpaired) electrons. The minimum Gasteiger partial charge on any atom is -0.376 e. The molecule has 0 saturated carbocycles. The molecule has 0 aromatic carbocycles. The summed E-state index contributed by atoms with van der Waals surface area (Å²) in [6.07, 6.45) is -0.0478. The van der Waals surface area contributed by atoms with Gasteiger partial charge in [0.2, 0.25) is 0 Å². The van der Waals surface area contributed by atoms with Crippen LogP contribution in [0.4, 0.5) is 0 Å². The standard InChI is InChI=1S/C4H12NO4P/c1-2-4(6,3-5)10(7,8)9/h6H,2-3,5H2,1H3,(H2,7,8,9). The van der Waals surface area contributed by atoms with Crippen molar-refractivity contribution in [2.45, 2.75) is 18.7 Å². The summed E-state index contributed by atoms with van der Waals surface area (Å²) in [4.78, 5) is 17.0. The monoisotopic (exact) mass is 169 g/mol. The van der Waals surface area contributed by atoms with Gasteiger partial charge < -0.3 is 20.6 Å². The number of hydrogen-bond acceptors (Lipinski definition) is 3. The first-order valence-corrected chi connectivity index (χ1v) is 4.46. The van der Waals surface area contributed by atoms with E-state index >= 15 is 0 Å². The molecule has 0 rings (SSSR count). The zero-order valence-corrected chi connectivity index (χ0v) is 6.58. The molecule has 0 spiro atoms. The molecule has 1 atom stereocenters. The summed E-state index contributed by atoms with van der Waals surface area (Å²) in [6.45, 7) is 1.04. The molecule has 0 aliphatic heterocycles. The first-order valence-electron chi connectivity index (χ1n) is 2.85. The van der Waals surface area contributed by atoms with Gasteiger partial charge in [0.05, 0.1) is 0 Å². The van der Waals surface area contributed by atoms with Crippen LogP contribution >= 0.6 is 7.60 Å². The van der Waals surface area contributed by atoms with Gasteiger partial charge in [0.25, 0.3) is 0 Å². The summed E-state index contributed by atoms with van der Waals surface area (Å²) in [7, 11) is -4.46. The van der Waals surface area contributed by atoms with Gasteiger partial charge in [0.15, 0.2) is 5.34 Å². The van der Waals surface area contributed by atoms with Crippen LogP contribution in [0.1, 0.15) is 13.3 Å². The molecule has 0 aliphatic carbocycles. The quantitative estimate of drug-likeness (QED) is 0.415. The number of hydrogen-bond donors (Lipinski definition) is 4. The van der Waals surface area contributed by atoms with Crippen LogP contribution in [0.25, 0.3) is 0 Å². The highest BCUT2D eigenvalue weighted by atomic mass is 31.2. The Kier molecular flexibility index (Phi) is 3.00. The van der Waals surface area contributed by atoms with Gasteiger partial charge in [-0.15, -0.1) is 0 Å². The topological polar surface area (TPSA) is 104 Å². The maximum atomic E-state index is 10.5. The summed E-state index contributed by atoms with van der Waals surface area (Å²) in [6, 6.07) is 0. The fourth-order valence-electron chi connectivity index (χ4n) is 0.469. The Morgan fingerprint density at radius 1 is 1.60 bits per heavy atom. The summed E-state index contributed by atoms with van der Waals surface area (Å²) in [5.41, 5.74) is 4.96. The van der Waals surface area contributed by atoms with Crippen LogP contribution in [0.5, 0.6) is 0 Å². The average molecular weight is 169 g/mol. The van der Waals surface area contributed by atoms with Crippen molar-refractivity contribution in [1.82, 2.24) is 0 Å². The van der Waals surface area contributed by atoms with E-state index in [1.807, 2.05) is 0 Å². The molecule has 10 heavy (non-hydrogen) atoms. The molecular formula is C4H12NO4P. The molecule has 0 heterocycles. The van der Waals surface area contributed by atoms with E-state index in [1.54, 1.807) is 0 Å². The van der Waals surface area contributed by atoms with E-state index in [0.717, 1.165) is 0 Å². The molecule has 1 unspecified atom stereocenters. The lowest BCUT2D eigenvalue weighted by molar-refractivity contribution is 0.0950. The van der Waals surface area contributed by atoms with Gasteiger partial charge in [-0.3, -0.25) is 4.57 Å². The first-order chi connectivity index (χ1) is 4.37. The molecule has 0 amide bonds. The minimum atomic E-state index is -4.46. The Morgan fingerprint density at radius 3 is 2.00 bits per heavy atom. The number of rotatable bonds is 3. The van der Waals surface area contributed by atoms with Crippen molar-refractivity contribution in [3.05, 3.63) is 0 Å². The second kappa shape index (κ2) is 2.98. The second-order valence-electron chi connectivity index (χ2n) is 2.08. The van der Waals surface area contributed by atoms with E-state index in [4.69, 9.17) is 20.6 Å². The largest absolute Gasteiger partial charge is 0.376 e. The summed E-state index contributed by atoms with van der Waals surface area (Å²) in [5, 5.41) is 7.04. The molecule has 0 aliphatic rings. The third-order valence-corrected chi connectivity index (χ3v) is 3.02. The summed E-state index contributed by atoms with van der Waals surface area (Å²) < 4.78 is 10.5. The highest BCUT2D eigenvalue weighted by Gasteiger charge is 2.41. The van der Waals surface area contributed by atoms with Crippen LogP contribution in [-0.2, 0) is 4.57 Å². The number of nitrogens with two attached hydrogens (primary N) is 1. The van der Waals surface area contributed by atoms with Gasteiger partial charge in [-0.2, -0.15) is 0 Å². The van der Waals surface area contributed by atoms with Crippen molar-refractivity contribution in [3.8, 4) is 0 Å². The predicted molar refractivity (Wildman–Crippen MR) is 36.3 cm³/mol. The van der Waals surface area contributed by atoms with Gasteiger partial charge in [0.1, 0.15) is 0 Å². The lowest BCUT2D eigenvalue weighted by Gasteiger charge is -2.25. The maximum Gasteiger partial charge on any atom is 0.358 e. The Hall–Kier alpha value is 0.0700. The van der Waals surface area contributed by atoms with E-state index in [9.17, 15) is 4.57 Å². The molecule has 0 fully saturated rings. The van der Waals surface area contributed by atoms with Gasteiger partial charge in [-0.25, -0.2) is 0 Å². The van der Waals surface area contributed by atoms with Gasteiger partial charge in [-0.05, 0) is 6.42 Å². The molecule has 0 bridgehead atoms. The van der Waals surface area contributed by atoms with Gasteiger partial charge in [0, 0.05) is 6.54 Å². The molecule has 5 N–H and O–H groups in total. The second-order valence-corrected chi connectivity index (χ2v) is 4.00. The smallest absolute Gasteiger partial charge is 0.358 e. The van der Waals surface area contributed by atoms with Crippen LogP contribution in [0.3, 0.4) is 0 Å². The van der Waals surface area contributed by atoms with Crippen LogP contribution < -0.4 is 5.73 Å². The molecule has 0 aromatic heterocycles. The van der Waals surface area contributed by atoms with Gasteiger partial charge >= 0.3 is 7.60 Å². The minimum absolute atomic E-state index is 0.0478. The van der Waals surface area contributed by atoms with E-state index in [0.29, 0.717) is 0 Å². The van der Waals surface area contributed by atoms with Crippen molar-refractivity contribution in [3.63, 3.8) is 0 Å². The lowest BCUT2D eigenvalue weighted by atomic mass is 10.3. The van der Waals surface area contributed by atoms with Crippen molar-refractivity contribution < 1.29 is 19.5 Å². The fraction of sp³-hybridized carbons (Fsp3) is 1.00. The highest BCUT2D eigenvalue weighted by molar-refractivity contribution is 7.53. The van der Waals surface area contributed by atoms with E-state index < -0.39 is 19.5 Å². The van der Waals surface area contributed by atoms with Crippen LogP contribution in [-0.4, -0.2) is 26.8 Å². The molecule has 6 heteroatoms. The normalized spacial score (nSPS) is 18.5. The molecule has 62 valence electrons. The van der Waals surface area contributed by atoms with Gasteiger partial charge in [-0.1, -0.05) is 6.92 Å². The fourth-order valence-corrected chi connectivity index (χ4v) is 1.12. The predicted octanol–water partition coefficient (Wildman–Crippen LogP) is -0.779. The van der Waals surface area contributed by atoms with Crippen LogP contribution in [0, 0.1) is 0 Å². The average Bonchev–Trinajstić information content (AvgIpc) is 1.84. The van der Waals surface area contributed by atoms with Crippen molar-refractivity contribution in [2.24, 2.45) is 5.73 Å². The third-order valence-electron chi connectivity index (χ3n) is 1.44. The molecule has 0 saturated heterocycles.